The van der Waals surface area contributed by atoms with Crippen LogP contribution < -0.4 is 0 Å². The zero-order valence-corrected chi connectivity index (χ0v) is 16.1. The van der Waals surface area contributed by atoms with Crippen molar-refractivity contribution in [3.05, 3.63) is 17.5 Å². The lowest BCUT2D eigenvalue weighted by Crippen LogP contribution is -2.42. The summed E-state index contributed by atoms with van der Waals surface area (Å²) in [5.41, 5.74) is 1.51. The summed E-state index contributed by atoms with van der Waals surface area (Å²) in [6.45, 7) is 8.46. The van der Waals surface area contributed by atoms with Crippen LogP contribution in [0.3, 0.4) is 0 Å². The van der Waals surface area contributed by atoms with E-state index >= 15 is 0 Å². The zero-order chi connectivity index (χ0) is 18.7. The van der Waals surface area contributed by atoms with Crippen LogP contribution in [0, 0.1) is 18.8 Å². The minimum absolute atomic E-state index is 0.0815. The predicted octanol–water partition coefficient (Wildman–Crippen LogP) is 1.56. The Bertz CT molecular complexity index is 649. The highest BCUT2D eigenvalue weighted by molar-refractivity contribution is 5.95. The molecule has 0 N–H and O–H groups in total. The summed E-state index contributed by atoms with van der Waals surface area (Å²) in [5, 5.41) is 4.37. The molecule has 0 spiro atoms. The number of carbonyl (C=O) groups is 2. The summed E-state index contributed by atoms with van der Waals surface area (Å²) in [5.74, 6) is 1.13. The second-order valence-corrected chi connectivity index (χ2v) is 7.54. The van der Waals surface area contributed by atoms with Crippen molar-refractivity contribution in [1.82, 2.24) is 19.6 Å². The number of nitrogens with zero attached hydrogens (tertiary/aromatic N) is 4. The Kier molecular flexibility index (Phi) is 5.96. The van der Waals surface area contributed by atoms with Gasteiger partial charge in [0.15, 0.2) is 0 Å². The van der Waals surface area contributed by atoms with E-state index in [1.807, 2.05) is 34.5 Å². The molecule has 2 saturated heterocycles. The summed E-state index contributed by atoms with van der Waals surface area (Å²) < 4.78 is 6.99. The van der Waals surface area contributed by atoms with Crippen LogP contribution in [0.5, 0.6) is 0 Å². The molecule has 2 fully saturated rings. The number of amides is 2. The van der Waals surface area contributed by atoms with Gasteiger partial charge in [-0.15, -0.1) is 0 Å². The first-order valence-corrected chi connectivity index (χ1v) is 9.61. The van der Waals surface area contributed by atoms with Crippen LogP contribution in [0.15, 0.2) is 6.20 Å². The van der Waals surface area contributed by atoms with Crippen LogP contribution in [-0.4, -0.2) is 71.3 Å². The molecule has 0 radical (unpaired) electrons. The van der Waals surface area contributed by atoms with Crippen LogP contribution in [-0.2, 0) is 16.1 Å². The van der Waals surface area contributed by atoms with Crippen molar-refractivity contribution in [3.8, 4) is 0 Å². The highest BCUT2D eigenvalue weighted by atomic mass is 16.5. The normalized spacial score (nSPS) is 21.7. The summed E-state index contributed by atoms with van der Waals surface area (Å²) in [6.07, 6.45) is 4.35. The number of ether oxygens (including phenoxy) is 1. The lowest BCUT2D eigenvalue weighted by molar-refractivity contribution is -0.128. The Morgan fingerprint density at radius 2 is 2.04 bits per heavy atom. The van der Waals surface area contributed by atoms with E-state index in [-0.39, 0.29) is 11.8 Å². The van der Waals surface area contributed by atoms with Gasteiger partial charge in [0, 0.05) is 58.4 Å². The van der Waals surface area contributed by atoms with Crippen molar-refractivity contribution in [2.75, 3.05) is 39.9 Å². The third kappa shape index (κ3) is 4.09. The van der Waals surface area contributed by atoms with Gasteiger partial charge in [0.1, 0.15) is 0 Å². The van der Waals surface area contributed by atoms with Gasteiger partial charge < -0.3 is 14.5 Å². The minimum atomic E-state index is 0.0815. The van der Waals surface area contributed by atoms with E-state index in [2.05, 4.69) is 5.10 Å². The van der Waals surface area contributed by atoms with Crippen LogP contribution in [0.2, 0.25) is 0 Å². The second-order valence-electron chi connectivity index (χ2n) is 7.54. The topological polar surface area (TPSA) is 67.7 Å². The van der Waals surface area contributed by atoms with Gasteiger partial charge in [-0.2, -0.15) is 5.10 Å². The largest absolute Gasteiger partial charge is 0.384 e. The molecule has 3 rings (SSSR count). The number of hydrogen-bond acceptors (Lipinski definition) is 4. The first-order chi connectivity index (χ1) is 12.5. The molecule has 3 heterocycles. The maximum Gasteiger partial charge on any atom is 0.257 e. The van der Waals surface area contributed by atoms with E-state index in [1.54, 1.807) is 7.11 Å². The average molecular weight is 362 g/mol. The van der Waals surface area contributed by atoms with E-state index < -0.39 is 0 Å². The molecule has 0 aliphatic carbocycles. The zero-order valence-electron chi connectivity index (χ0n) is 16.1. The van der Waals surface area contributed by atoms with Crippen molar-refractivity contribution in [1.29, 1.82) is 0 Å². The monoisotopic (exact) mass is 362 g/mol. The number of hydrogen-bond donors (Lipinski definition) is 0. The fourth-order valence-corrected chi connectivity index (χ4v) is 4.07. The Morgan fingerprint density at radius 3 is 2.65 bits per heavy atom. The smallest absolute Gasteiger partial charge is 0.257 e. The second kappa shape index (κ2) is 8.20. The number of carbonyl (C=O) groups excluding carboxylic acids is 2. The molecule has 0 bridgehead atoms. The third-order valence-corrected chi connectivity index (χ3v) is 5.58. The lowest BCUT2D eigenvalue weighted by atomic mass is 9.95. The first kappa shape index (κ1) is 18.9. The molecule has 2 aliphatic rings. The summed E-state index contributed by atoms with van der Waals surface area (Å²) in [4.78, 5) is 28.8. The first-order valence-electron chi connectivity index (χ1n) is 9.61. The van der Waals surface area contributed by atoms with Gasteiger partial charge in [-0.25, -0.2) is 0 Å². The number of aryl methyl sites for hydroxylation is 2. The van der Waals surface area contributed by atoms with Crippen molar-refractivity contribution >= 4 is 11.8 Å². The highest BCUT2D eigenvalue weighted by Gasteiger charge is 2.33. The fraction of sp³-hybridized carbons (Fsp3) is 0.737. The van der Waals surface area contributed by atoms with E-state index in [1.165, 1.54) is 0 Å². The van der Waals surface area contributed by atoms with Crippen LogP contribution in [0.25, 0.3) is 0 Å². The fourth-order valence-electron chi connectivity index (χ4n) is 4.07. The van der Waals surface area contributed by atoms with Gasteiger partial charge in [0.2, 0.25) is 5.91 Å². The van der Waals surface area contributed by atoms with Gasteiger partial charge in [-0.05, 0) is 32.6 Å². The van der Waals surface area contributed by atoms with Crippen molar-refractivity contribution in [3.63, 3.8) is 0 Å². The minimum Gasteiger partial charge on any atom is -0.384 e. The highest BCUT2D eigenvalue weighted by Crippen LogP contribution is 2.25. The molecule has 26 heavy (non-hydrogen) atoms. The molecule has 144 valence electrons. The molecule has 1 aromatic rings. The summed E-state index contributed by atoms with van der Waals surface area (Å²) >= 11 is 0. The number of piperidine rings is 1. The molecule has 1 aromatic heterocycles. The predicted molar refractivity (Wildman–Crippen MR) is 97.8 cm³/mol. The third-order valence-electron chi connectivity index (χ3n) is 5.58. The SMILES string of the molecule is CCn1cc(C(=O)N2CCC(CN3CC(COC)CC3=O)CC2)c(C)n1. The quantitative estimate of drug-likeness (QED) is 0.770. The van der Waals surface area contributed by atoms with E-state index in [9.17, 15) is 9.59 Å². The standard InChI is InChI=1S/C19H30N4O3/c1-4-23-12-17(14(2)20-23)19(25)21-7-5-15(6-8-21)10-22-11-16(13-26-3)9-18(22)24/h12,15-16H,4-11,13H2,1-3H3. The molecule has 7 nitrogen and oxygen atoms in total. The van der Waals surface area contributed by atoms with Gasteiger partial charge >= 0.3 is 0 Å². The number of rotatable bonds is 6. The number of aromatic nitrogens is 2. The molecule has 0 saturated carbocycles. The van der Waals surface area contributed by atoms with Crippen LogP contribution >= 0.6 is 0 Å². The molecule has 7 heteroatoms. The lowest BCUT2D eigenvalue weighted by Gasteiger charge is -2.34. The van der Waals surface area contributed by atoms with Crippen molar-refractivity contribution in [2.24, 2.45) is 11.8 Å². The van der Waals surface area contributed by atoms with Gasteiger partial charge in [0.25, 0.3) is 5.91 Å². The van der Waals surface area contributed by atoms with Gasteiger partial charge in [-0.1, -0.05) is 0 Å². The summed E-state index contributed by atoms with van der Waals surface area (Å²) in [7, 11) is 1.69. The number of likely N-dealkylation sites (tertiary alicyclic amines) is 2. The maximum absolute atomic E-state index is 12.8. The van der Waals surface area contributed by atoms with E-state index in [0.29, 0.717) is 30.4 Å². The molecular formula is C19H30N4O3. The average Bonchev–Trinajstić information content (AvgIpc) is 3.18. The molecule has 1 unspecified atom stereocenters. The molecular weight excluding hydrogens is 332 g/mol. The maximum atomic E-state index is 12.8. The van der Waals surface area contributed by atoms with E-state index in [4.69, 9.17) is 4.74 Å². The molecule has 1 atom stereocenters. The Hall–Kier alpha value is -1.89. The molecule has 2 amide bonds. The molecule has 0 aromatic carbocycles. The number of methoxy groups -OCH3 is 1. The Morgan fingerprint density at radius 1 is 1.31 bits per heavy atom. The van der Waals surface area contributed by atoms with Crippen molar-refractivity contribution < 1.29 is 14.3 Å². The van der Waals surface area contributed by atoms with Crippen LogP contribution in [0.4, 0.5) is 0 Å². The molecule has 2 aliphatic heterocycles. The van der Waals surface area contributed by atoms with Crippen molar-refractivity contribution in [2.45, 2.75) is 39.7 Å². The Balaban J connectivity index is 1.50. The van der Waals surface area contributed by atoms with Gasteiger partial charge in [0.05, 0.1) is 17.9 Å². The Labute approximate surface area is 155 Å². The van der Waals surface area contributed by atoms with Gasteiger partial charge in [-0.3, -0.25) is 14.3 Å². The van der Waals surface area contributed by atoms with Crippen LogP contribution in [0.1, 0.15) is 42.2 Å². The van der Waals surface area contributed by atoms with E-state index in [0.717, 1.165) is 51.3 Å². The summed E-state index contributed by atoms with van der Waals surface area (Å²) in [6, 6.07) is 0.